The van der Waals surface area contributed by atoms with Crippen molar-refractivity contribution in [3.05, 3.63) is 86.6 Å². The summed E-state index contributed by atoms with van der Waals surface area (Å²) in [5.74, 6) is -2.68. The molecular weight excluding hydrogens is 641 g/mol. The Kier molecular flexibility index (Phi) is 8.32. The van der Waals surface area contributed by atoms with Crippen molar-refractivity contribution in [2.75, 3.05) is 24.9 Å². The van der Waals surface area contributed by atoms with Crippen LogP contribution in [-0.2, 0) is 19.7 Å². The van der Waals surface area contributed by atoms with Gasteiger partial charge >= 0.3 is 5.97 Å². The van der Waals surface area contributed by atoms with E-state index in [9.17, 15) is 14.4 Å². The first kappa shape index (κ1) is 31.0. The highest BCUT2D eigenvalue weighted by Gasteiger charge is 2.66. The van der Waals surface area contributed by atoms with Gasteiger partial charge in [-0.1, -0.05) is 50.6 Å². The van der Waals surface area contributed by atoms with Crippen molar-refractivity contribution in [1.29, 1.82) is 0 Å². The van der Waals surface area contributed by atoms with Crippen molar-refractivity contribution in [2.24, 2.45) is 5.41 Å². The number of nitrogens with one attached hydrogen (secondary N) is 3. The zero-order chi connectivity index (χ0) is 31.3. The molecule has 0 saturated carbocycles. The Morgan fingerprint density at radius 1 is 1.12 bits per heavy atom. The number of hydrogen-bond acceptors (Lipinski definition) is 6. The zero-order valence-electron chi connectivity index (χ0n) is 24.3. The Balaban J connectivity index is 1.68. The predicted octanol–water partition coefficient (Wildman–Crippen LogP) is 6.43. The van der Waals surface area contributed by atoms with Gasteiger partial charge in [0, 0.05) is 22.7 Å². The molecule has 3 aromatic carbocycles. The maximum Gasteiger partial charge on any atom is 0.337 e. The number of benzene rings is 3. The summed E-state index contributed by atoms with van der Waals surface area (Å²) in [5, 5.41) is 9.77. The van der Waals surface area contributed by atoms with E-state index in [0.717, 1.165) is 0 Å². The van der Waals surface area contributed by atoms with Gasteiger partial charge in [-0.15, -0.1) is 0 Å². The van der Waals surface area contributed by atoms with E-state index in [1.54, 1.807) is 36.4 Å². The highest BCUT2D eigenvalue weighted by molar-refractivity contribution is 9.10. The summed E-state index contributed by atoms with van der Waals surface area (Å²) in [7, 11) is 2.69. The SMILES string of the molecule is COC(=O)c1ccc(NC(=O)[C@@H]2N[C@@H](CC(C)(C)C)C3(C(=O)Nc4cc(Cl)ccc43)[C@H]2c2cccc(Br)c2F)c(OC)c1. The van der Waals surface area contributed by atoms with Gasteiger partial charge in [-0.25, -0.2) is 9.18 Å². The molecule has 2 aliphatic heterocycles. The van der Waals surface area contributed by atoms with Crippen molar-refractivity contribution >= 4 is 56.7 Å². The monoisotopic (exact) mass is 671 g/mol. The summed E-state index contributed by atoms with van der Waals surface area (Å²) in [4.78, 5) is 40.6. The minimum atomic E-state index is -1.35. The van der Waals surface area contributed by atoms with Crippen LogP contribution in [0.4, 0.5) is 15.8 Å². The molecule has 5 rings (SSSR count). The van der Waals surface area contributed by atoms with Crippen molar-refractivity contribution < 1.29 is 28.2 Å². The van der Waals surface area contributed by atoms with Crippen molar-refractivity contribution in [2.45, 2.75) is 50.6 Å². The number of esters is 1. The average Bonchev–Trinajstić information content (AvgIpc) is 3.43. The second-order valence-electron chi connectivity index (χ2n) is 12.0. The van der Waals surface area contributed by atoms with Crippen LogP contribution in [0.3, 0.4) is 0 Å². The van der Waals surface area contributed by atoms with Crippen LogP contribution in [0, 0.1) is 11.2 Å². The molecule has 0 aliphatic carbocycles. The van der Waals surface area contributed by atoms with E-state index in [-0.39, 0.29) is 32.7 Å². The van der Waals surface area contributed by atoms with Crippen molar-refractivity contribution in [3.8, 4) is 5.75 Å². The van der Waals surface area contributed by atoms with Gasteiger partial charge in [0.15, 0.2) is 0 Å². The summed E-state index contributed by atoms with van der Waals surface area (Å²) in [6.07, 6.45) is 0.496. The average molecular weight is 673 g/mol. The molecule has 8 nitrogen and oxygen atoms in total. The molecular formula is C32H32BrClFN3O5. The molecule has 4 atom stereocenters. The molecule has 1 unspecified atom stereocenters. The highest BCUT2D eigenvalue weighted by atomic mass is 79.9. The summed E-state index contributed by atoms with van der Waals surface area (Å²) >= 11 is 9.60. The van der Waals surface area contributed by atoms with Crippen molar-refractivity contribution in [3.63, 3.8) is 0 Å². The first-order valence-corrected chi connectivity index (χ1v) is 14.9. The number of ether oxygens (including phenoxy) is 2. The second-order valence-corrected chi connectivity index (χ2v) is 13.3. The van der Waals surface area contributed by atoms with Crippen LogP contribution >= 0.6 is 27.5 Å². The van der Waals surface area contributed by atoms with Gasteiger partial charge in [0.1, 0.15) is 17.0 Å². The van der Waals surface area contributed by atoms with Crippen molar-refractivity contribution in [1.82, 2.24) is 5.32 Å². The Bertz CT molecular complexity index is 1630. The normalized spacial score (nSPS) is 22.7. The molecule has 2 heterocycles. The Labute approximate surface area is 262 Å². The maximum atomic E-state index is 16.0. The molecule has 226 valence electrons. The standard InChI is InChI=1S/C32H32BrClFN3O5/c1-31(2,3)15-24-32(19-11-10-17(34)14-22(19)37-30(32)41)25(18-7-6-8-20(33)26(18)35)27(38-24)28(39)36-21-12-9-16(29(40)43-5)13-23(21)42-4/h6-14,24-25,27,38H,15H2,1-5H3,(H,36,39)(H,37,41)/t24-,25-,27+,32?/m0/s1. The lowest BCUT2D eigenvalue weighted by Gasteiger charge is -2.37. The van der Waals surface area contributed by atoms with E-state index in [2.05, 4.69) is 31.9 Å². The smallest absolute Gasteiger partial charge is 0.337 e. The number of carbonyl (C=O) groups excluding carboxylic acids is 3. The third-order valence-corrected chi connectivity index (χ3v) is 8.95. The summed E-state index contributed by atoms with van der Waals surface area (Å²) in [6.45, 7) is 6.15. The lowest BCUT2D eigenvalue weighted by Crippen LogP contribution is -2.49. The van der Waals surface area contributed by atoms with Gasteiger partial charge in [-0.05, 0) is 75.3 Å². The lowest BCUT2D eigenvalue weighted by molar-refractivity contribution is -0.122. The van der Waals surface area contributed by atoms with E-state index in [0.29, 0.717) is 28.4 Å². The fourth-order valence-corrected chi connectivity index (χ4v) is 6.96. The number of halogens is 3. The van der Waals surface area contributed by atoms with Gasteiger partial charge in [-0.2, -0.15) is 0 Å². The topological polar surface area (TPSA) is 106 Å². The number of anilines is 2. The Morgan fingerprint density at radius 2 is 1.86 bits per heavy atom. The molecule has 2 amide bonds. The number of amides is 2. The molecule has 0 bridgehead atoms. The van der Waals surface area contributed by atoms with E-state index in [1.807, 2.05) is 20.8 Å². The summed E-state index contributed by atoms with van der Waals surface area (Å²) in [6, 6.07) is 12.9. The molecule has 1 fully saturated rings. The lowest BCUT2D eigenvalue weighted by atomic mass is 9.62. The van der Waals surface area contributed by atoms with Crippen LogP contribution < -0.4 is 20.7 Å². The van der Waals surface area contributed by atoms with Crippen LogP contribution in [0.2, 0.25) is 5.02 Å². The maximum absolute atomic E-state index is 16.0. The molecule has 3 N–H and O–H groups in total. The van der Waals surface area contributed by atoms with E-state index in [4.69, 9.17) is 21.1 Å². The second kappa shape index (κ2) is 11.6. The number of carbonyl (C=O) groups is 3. The first-order valence-electron chi connectivity index (χ1n) is 13.7. The van der Waals surface area contributed by atoms with Crippen LogP contribution in [-0.4, -0.2) is 44.1 Å². The first-order chi connectivity index (χ1) is 20.3. The summed E-state index contributed by atoms with van der Waals surface area (Å²) in [5.41, 5.74) is 0.306. The minimum Gasteiger partial charge on any atom is -0.495 e. The Morgan fingerprint density at radius 3 is 2.53 bits per heavy atom. The molecule has 2 aliphatic rings. The fourth-order valence-electron chi connectivity index (χ4n) is 6.40. The van der Waals surface area contributed by atoms with Gasteiger partial charge in [0.25, 0.3) is 0 Å². The zero-order valence-corrected chi connectivity index (χ0v) is 26.7. The fraction of sp³-hybridized carbons (Fsp3) is 0.344. The molecule has 0 aromatic heterocycles. The molecule has 1 spiro atoms. The number of methoxy groups -OCH3 is 2. The minimum absolute atomic E-state index is 0.212. The molecule has 11 heteroatoms. The van der Waals surface area contributed by atoms with Crippen LogP contribution in [0.1, 0.15) is 54.6 Å². The van der Waals surface area contributed by atoms with Gasteiger partial charge in [0.2, 0.25) is 11.8 Å². The van der Waals surface area contributed by atoms with E-state index >= 15 is 4.39 Å². The number of rotatable bonds is 6. The van der Waals surface area contributed by atoms with Gasteiger partial charge < -0.3 is 25.4 Å². The molecule has 0 radical (unpaired) electrons. The summed E-state index contributed by atoms with van der Waals surface area (Å²) < 4.78 is 26.5. The molecule has 3 aromatic rings. The van der Waals surface area contributed by atoms with Crippen LogP contribution in [0.25, 0.3) is 0 Å². The quantitative estimate of drug-likeness (QED) is 0.261. The largest absolute Gasteiger partial charge is 0.495 e. The molecule has 43 heavy (non-hydrogen) atoms. The van der Waals surface area contributed by atoms with E-state index < -0.39 is 41.1 Å². The van der Waals surface area contributed by atoms with E-state index in [1.165, 1.54) is 32.4 Å². The van der Waals surface area contributed by atoms with Gasteiger partial charge in [0.05, 0.1) is 36.0 Å². The van der Waals surface area contributed by atoms with Gasteiger partial charge in [-0.3, -0.25) is 9.59 Å². The number of hydrogen-bond donors (Lipinski definition) is 3. The Hall–Kier alpha value is -3.47. The highest BCUT2D eigenvalue weighted by Crippen LogP contribution is 2.57. The predicted molar refractivity (Wildman–Crippen MR) is 166 cm³/mol. The third kappa shape index (κ3) is 5.41. The molecule has 1 saturated heterocycles. The third-order valence-electron chi connectivity index (χ3n) is 8.10. The van der Waals surface area contributed by atoms with Crippen LogP contribution in [0.15, 0.2) is 59.1 Å². The van der Waals surface area contributed by atoms with Crippen LogP contribution in [0.5, 0.6) is 5.75 Å². The number of fused-ring (bicyclic) bond motifs is 2.